The summed E-state index contributed by atoms with van der Waals surface area (Å²) in [7, 11) is 0. The van der Waals surface area contributed by atoms with E-state index in [0.717, 1.165) is 85.1 Å². The summed E-state index contributed by atoms with van der Waals surface area (Å²) in [5, 5.41) is 11.3. The minimum Gasteiger partial charge on any atom is -0.479 e. The maximum absolute atomic E-state index is 12.8. The lowest BCUT2D eigenvalue weighted by Gasteiger charge is -2.41. The Morgan fingerprint density at radius 1 is 1.05 bits per heavy atom. The molecule has 3 heterocycles. The molecule has 0 saturated carbocycles. The number of carboxylic acids is 1. The van der Waals surface area contributed by atoms with Crippen LogP contribution in [0.5, 0.6) is 0 Å². The molecule has 230 valence electrons. The van der Waals surface area contributed by atoms with Crippen LogP contribution in [0.2, 0.25) is 5.02 Å². The number of hydrogen-bond acceptors (Lipinski definition) is 5. The summed E-state index contributed by atoms with van der Waals surface area (Å²) in [5.41, 5.74) is 8.80. The lowest BCUT2D eigenvalue weighted by atomic mass is 9.81. The van der Waals surface area contributed by atoms with Gasteiger partial charge in [0.05, 0.1) is 11.3 Å². The summed E-state index contributed by atoms with van der Waals surface area (Å²) >= 11 is 6.46. The second-order valence-corrected chi connectivity index (χ2v) is 14.5. The number of halogens is 1. The Labute approximate surface area is 262 Å². The van der Waals surface area contributed by atoms with Crippen molar-refractivity contribution in [3.05, 3.63) is 81.1 Å². The van der Waals surface area contributed by atoms with Crippen molar-refractivity contribution < 1.29 is 14.6 Å². The van der Waals surface area contributed by atoms with Gasteiger partial charge in [-0.1, -0.05) is 61.8 Å². The largest absolute Gasteiger partial charge is 0.479 e. The average Bonchev–Trinajstić information content (AvgIpc) is 2.92. The fraction of sp³-hybridized carbons (Fsp3) is 0.500. The molecule has 2 aliphatic rings. The molecular formula is C36H46ClN3O3. The molecule has 1 unspecified atom stereocenters. The van der Waals surface area contributed by atoms with Gasteiger partial charge in [0.1, 0.15) is 0 Å². The highest BCUT2D eigenvalue weighted by molar-refractivity contribution is 6.31. The molecule has 1 aromatic heterocycles. The van der Waals surface area contributed by atoms with Gasteiger partial charge in [-0.2, -0.15) is 0 Å². The second kappa shape index (κ2) is 12.2. The van der Waals surface area contributed by atoms with Crippen LogP contribution < -0.4 is 4.90 Å². The molecule has 2 aliphatic heterocycles. The smallest absolute Gasteiger partial charge is 0.337 e. The van der Waals surface area contributed by atoms with Gasteiger partial charge < -0.3 is 14.7 Å². The average molecular weight is 604 g/mol. The van der Waals surface area contributed by atoms with E-state index >= 15 is 0 Å². The Kier molecular flexibility index (Phi) is 8.95. The summed E-state index contributed by atoms with van der Waals surface area (Å²) in [6, 6.07) is 14.8. The molecule has 2 aromatic carbocycles. The molecular weight excluding hydrogens is 558 g/mol. The molecule has 0 spiro atoms. The van der Waals surface area contributed by atoms with Crippen LogP contribution in [0.25, 0.3) is 11.1 Å². The Balaban J connectivity index is 1.57. The van der Waals surface area contributed by atoms with Crippen molar-refractivity contribution in [1.29, 1.82) is 0 Å². The van der Waals surface area contributed by atoms with Crippen LogP contribution in [0, 0.1) is 19.3 Å². The lowest BCUT2D eigenvalue weighted by molar-refractivity contribution is -0.160. The van der Waals surface area contributed by atoms with Crippen LogP contribution >= 0.6 is 11.6 Å². The predicted octanol–water partition coefficient (Wildman–Crippen LogP) is 8.14. The van der Waals surface area contributed by atoms with Crippen LogP contribution in [-0.2, 0) is 29.0 Å². The number of piperidine rings is 1. The first kappa shape index (κ1) is 31.5. The van der Waals surface area contributed by atoms with Gasteiger partial charge in [-0.3, -0.25) is 9.88 Å². The topological polar surface area (TPSA) is 65.9 Å². The minimum atomic E-state index is -1.12. The van der Waals surface area contributed by atoms with E-state index in [0.29, 0.717) is 11.3 Å². The van der Waals surface area contributed by atoms with E-state index in [-0.39, 0.29) is 5.41 Å². The third kappa shape index (κ3) is 7.08. The van der Waals surface area contributed by atoms with Gasteiger partial charge >= 0.3 is 5.97 Å². The number of anilines is 1. The molecule has 0 radical (unpaired) electrons. The number of benzene rings is 2. The lowest BCUT2D eigenvalue weighted by Crippen LogP contribution is -2.39. The number of rotatable bonds is 7. The Morgan fingerprint density at radius 3 is 2.40 bits per heavy atom. The SMILES string of the molecule is Cc1nc(C)c(C(OC(C)(C)C)C(=O)O)c(N2CCC(C)(C)CC2)c1-c1ccc2c(c1)CCN(Cc1ccccc1Cl)C2. The Bertz CT molecular complexity index is 1500. The van der Waals surface area contributed by atoms with E-state index < -0.39 is 17.7 Å². The molecule has 1 fully saturated rings. The van der Waals surface area contributed by atoms with Crippen molar-refractivity contribution in [1.82, 2.24) is 9.88 Å². The van der Waals surface area contributed by atoms with Gasteiger partial charge in [-0.15, -0.1) is 0 Å². The molecule has 0 bridgehead atoms. The minimum absolute atomic E-state index is 0.254. The van der Waals surface area contributed by atoms with Crippen molar-refractivity contribution in [2.24, 2.45) is 5.41 Å². The zero-order valence-electron chi connectivity index (χ0n) is 26.8. The standard InChI is InChI=1S/C36H46ClN3O3/c1-23-30(26-12-13-27-21-39(17-14-25(27)20-26)22-28-10-8-9-11-29(28)37)32(40-18-15-36(6,7)16-19-40)31(24(2)38-23)33(34(41)42)43-35(3,4)5/h8-13,20,33H,14-19,21-22H2,1-7H3,(H,41,42). The number of nitrogens with zero attached hydrogens (tertiary/aromatic N) is 3. The Hall–Kier alpha value is -2.93. The third-order valence-corrected chi connectivity index (χ3v) is 9.28. The molecule has 43 heavy (non-hydrogen) atoms. The number of carboxylic acid groups (broad SMARTS) is 1. The van der Waals surface area contributed by atoms with Crippen LogP contribution in [0.4, 0.5) is 5.69 Å². The van der Waals surface area contributed by atoms with Crippen LogP contribution in [-0.4, -0.2) is 46.2 Å². The maximum Gasteiger partial charge on any atom is 0.337 e. The van der Waals surface area contributed by atoms with E-state index in [2.05, 4.69) is 54.8 Å². The van der Waals surface area contributed by atoms with Crippen molar-refractivity contribution >= 4 is 23.3 Å². The molecule has 1 N–H and O–H groups in total. The van der Waals surface area contributed by atoms with Crippen LogP contribution in [0.3, 0.4) is 0 Å². The van der Waals surface area contributed by atoms with Gasteiger partial charge in [0, 0.05) is 60.3 Å². The number of pyridine rings is 1. The highest BCUT2D eigenvalue weighted by atomic mass is 35.5. The number of fused-ring (bicyclic) bond motifs is 1. The van der Waals surface area contributed by atoms with Crippen molar-refractivity contribution in [3.8, 4) is 11.1 Å². The summed E-state index contributed by atoms with van der Waals surface area (Å²) in [6.07, 6.45) is 1.90. The number of hydrogen-bond donors (Lipinski definition) is 1. The summed E-state index contributed by atoms with van der Waals surface area (Å²) in [4.78, 5) is 22.6. The van der Waals surface area contributed by atoms with Gasteiger partial charge in [-0.25, -0.2) is 4.79 Å². The van der Waals surface area contributed by atoms with Gasteiger partial charge in [0.25, 0.3) is 0 Å². The van der Waals surface area contributed by atoms with E-state index in [1.807, 2.05) is 45.9 Å². The fourth-order valence-electron chi connectivity index (χ4n) is 6.52. The number of aromatic nitrogens is 1. The molecule has 0 aliphatic carbocycles. The van der Waals surface area contributed by atoms with Gasteiger partial charge in [0.2, 0.25) is 0 Å². The number of carbonyl (C=O) groups is 1. The number of aliphatic carboxylic acids is 1. The van der Waals surface area contributed by atoms with E-state index in [1.165, 1.54) is 11.1 Å². The quantitative estimate of drug-likeness (QED) is 0.294. The highest BCUT2D eigenvalue weighted by Crippen LogP contribution is 2.45. The third-order valence-electron chi connectivity index (χ3n) is 8.91. The fourth-order valence-corrected chi connectivity index (χ4v) is 6.72. The maximum atomic E-state index is 12.8. The summed E-state index contributed by atoms with van der Waals surface area (Å²) < 4.78 is 6.25. The first-order chi connectivity index (χ1) is 20.2. The molecule has 1 saturated heterocycles. The summed E-state index contributed by atoms with van der Waals surface area (Å²) in [5.74, 6) is -0.989. The predicted molar refractivity (Wildman–Crippen MR) is 175 cm³/mol. The van der Waals surface area contributed by atoms with Crippen LogP contribution in [0.1, 0.15) is 87.2 Å². The highest BCUT2D eigenvalue weighted by Gasteiger charge is 2.36. The zero-order chi connectivity index (χ0) is 31.1. The summed E-state index contributed by atoms with van der Waals surface area (Å²) in [6.45, 7) is 18.7. The second-order valence-electron chi connectivity index (χ2n) is 14.1. The molecule has 1 atom stereocenters. The van der Waals surface area contributed by atoms with E-state index in [9.17, 15) is 9.90 Å². The zero-order valence-corrected chi connectivity index (χ0v) is 27.5. The van der Waals surface area contributed by atoms with E-state index in [1.54, 1.807) is 0 Å². The van der Waals surface area contributed by atoms with Crippen molar-refractivity contribution in [3.63, 3.8) is 0 Å². The number of aryl methyl sites for hydroxylation is 2. The monoisotopic (exact) mass is 603 g/mol. The molecule has 3 aromatic rings. The molecule has 5 rings (SSSR count). The van der Waals surface area contributed by atoms with Gasteiger partial charge in [-0.05, 0) is 87.6 Å². The Morgan fingerprint density at radius 2 is 1.74 bits per heavy atom. The first-order valence-electron chi connectivity index (χ1n) is 15.5. The molecule has 6 nitrogen and oxygen atoms in total. The van der Waals surface area contributed by atoms with E-state index in [4.69, 9.17) is 21.3 Å². The molecule has 7 heteroatoms. The van der Waals surface area contributed by atoms with Crippen molar-refractivity contribution in [2.45, 2.75) is 92.5 Å². The normalized spacial score (nSPS) is 17.9. The first-order valence-corrected chi connectivity index (χ1v) is 15.8. The van der Waals surface area contributed by atoms with Crippen LogP contribution in [0.15, 0.2) is 42.5 Å². The number of ether oxygens (including phenoxy) is 1. The molecule has 0 amide bonds. The van der Waals surface area contributed by atoms with Crippen molar-refractivity contribution in [2.75, 3.05) is 24.5 Å². The van der Waals surface area contributed by atoms with Gasteiger partial charge in [0.15, 0.2) is 6.10 Å².